The number of imidazole rings is 1. The zero-order valence-corrected chi connectivity index (χ0v) is 13.1. The van der Waals surface area contributed by atoms with E-state index in [-0.39, 0.29) is 0 Å². The lowest BCUT2D eigenvalue weighted by atomic mass is 9.96. The Hall–Kier alpha value is -2.48. The first-order chi connectivity index (χ1) is 10.7. The number of hydrogen-bond acceptors (Lipinski definition) is 4. The first kappa shape index (κ1) is 14.5. The normalized spacial score (nSPS) is 12.3. The molecule has 0 aliphatic carbocycles. The van der Waals surface area contributed by atoms with Gasteiger partial charge in [-0.2, -0.15) is 5.26 Å². The third-order valence-electron chi connectivity index (χ3n) is 4.10. The fraction of sp³-hybridized carbons (Fsp3) is 0.412. The van der Waals surface area contributed by atoms with Gasteiger partial charge in [0.2, 0.25) is 0 Å². The summed E-state index contributed by atoms with van der Waals surface area (Å²) in [5.74, 6) is 2.40. The standard InChI is InChI=1S/C17H19N3O2/c1-4-5-16-19-13(10-18)17-12-9-15(22-3)14(21-2)8-11(12)6-7-20(16)17/h8-9H,4-7H2,1-3H3. The number of aromatic nitrogens is 2. The van der Waals surface area contributed by atoms with Crippen LogP contribution < -0.4 is 9.47 Å². The third kappa shape index (κ3) is 2.12. The molecule has 0 unspecified atom stereocenters. The molecule has 1 aromatic heterocycles. The minimum atomic E-state index is 0.497. The van der Waals surface area contributed by atoms with Crippen LogP contribution in [0.1, 0.15) is 30.4 Å². The van der Waals surface area contributed by atoms with Crippen LogP contribution >= 0.6 is 0 Å². The van der Waals surface area contributed by atoms with Crippen molar-refractivity contribution in [3.8, 4) is 28.8 Å². The lowest BCUT2D eigenvalue weighted by molar-refractivity contribution is 0.354. The van der Waals surface area contributed by atoms with Crippen LogP contribution in [0.15, 0.2) is 12.1 Å². The van der Waals surface area contributed by atoms with Crippen molar-refractivity contribution in [3.63, 3.8) is 0 Å². The molecular formula is C17H19N3O2. The molecule has 114 valence electrons. The van der Waals surface area contributed by atoms with Crippen molar-refractivity contribution in [2.75, 3.05) is 14.2 Å². The molecular weight excluding hydrogens is 278 g/mol. The molecule has 1 aliphatic rings. The summed E-state index contributed by atoms with van der Waals surface area (Å²) in [5, 5.41) is 9.45. The first-order valence-electron chi connectivity index (χ1n) is 7.48. The second-order valence-electron chi connectivity index (χ2n) is 5.35. The van der Waals surface area contributed by atoms with Crippen LogP contribution in [0.25, 0.3) is 11.3 Å². The zero-order valence-electron chi connectivity index (χ0n) is 13.1. The molecule has 2 heterocycles. The molecule has 0 amide bonds. The zero-order chi connectivity index (χ0) is 15.7. The van der Waals surface area contributed by atoms with E-state index >= 15 is 0 Å². The predicted molar refractivity (Wildman–Crippen MR) is 83.2 cm³/mol. The number of hydrogen-bond donors (Lipinski definition) is 0. The van der Waals surface area contributed by atoms with Crippen LogP contribution in [-0.4, -0.2) is 23.8 Å². The predicted octanol–water partition coefficient (Wildman–Crippen LogP) is 2.95. The summed E-state index contributed by atoms with van der Waals surface area (Å²) in [4.78, 5) is 4.53. The van der Waals surface area contributed by atoms with Crippen LogP contribution in [0.5, 0.6) is 11.5 Å². The number of benzene rings is 1. The van der Waals surface area contributed by atoms with Gasteiger partial charge in [-0.1, -0.05) is 6.92 Å². The molecule has 0 fully saturated rings. The Morgan fingerprint density at radius 1 is 1.27 bits per heavy atom. The van der Waals surface area contributed by atoms with Crippen molar-refractivity contribution in [1.29, 1.82) is 5.26 Å². The van der Waals surface area contributed by atoms with Crippen molar-refractivity contribution in [1.82, 2.24) is 9.55 Å². The van der Waals surface area contributed by atoms with E-state index in [1.165, 1.54) is 5.56 Å². The molecule has 2 aromatic rings. The molecule has 0 saturated carbocycles. The summed E-state index contributed by atoms with van der Waals surface area (Å²) >= 11 is 0. The number of fused-ring (bicyclic) bond motifs is 3. The average Bonchev–Trinajstić information content (AvgIpc) is 2.92. The fourth-order valence-corrected chi connectivity index (χ4v) is 3.09. The SMILES string of the molecule is CCCc1nc(C#N)c2n1CCc1cc(OC)c(OC)cc1-2. The van der Waals surface area contributed by atoms with Crippen molar-refractivity contribution in [2.45, 2.75) is 32.7 Å². The maximum absolute atomic E-state index is 9.45. The third-order valence-corrected chi connectivity index (χ3v) is 4.10. The van der Waals surface area contributed by atoms with E-state index in [0.29, 0.717) is 11.4 Å². The van der Waals surface area contributed by atoms with Crippen LogP contribution in [0.4, 0.5) is 0 Å². The van der Waals surface area contributed by atoms with Gasteiger partial charge in [-0.25, -0.2) is 4.98 Å². The smallest absolute Gasteiger partial charge is 0.166 e. The molecule has 1 aromatic carbocycles. The van der Waals surface area contributed by atoms with Crippen LogP contribution in [0, 0.1) is 11.3 Å². The molecule has 5 nitrogen and oxygen atoms in total. The molecule has 0 radical (unpaired) electrons. The largest absolute Gasteiger partial charge is 0.493 e. The molecule has 0 spiro atoms. The maximum atomic E-state index is 9.45. The van der Waals surface area contributed by atoms with Gasteiger partial charge in [0.05, 0.1) is 19.9 Å². The van der Waals surface area contributed by atoms with Gasteiger partial charge in [0.25, 0.3) is 0 Å². The number of ether oxygens (including phenoxy) is 2. The molecule has 0 saturated heterocycles. The van der Waals surface area contributed by atoms with E-state index in [4.69, 9.17) is 9.47 Å². The highest BCUT2D eigenvalue weighted by Crippen LogP contribution is 2.40. The molecule has 0 bridgehead atoms. The topological polar surface area (TPSA) is 60.1 Å². The van der Waals surface area contributed by atoms with Gasteiger partial charge < -0.3 is 14.0 Å². The Balaban J connectivity index is 2.23. The van der Waals surface area contributed by atoms with Crippen molar-refractivity contribution >= 4 is 0 Å². The Morgan fingerprint density at radius 3 is 2.64 bits per heavy atom. The van der Waals surface area contributed by atoms with Gasteiger partial charge in [-0.15, -0.1) is 0 Å². The summed E-state index contributed by atoms with van der Waals surface area (Å²) in [6.45, 7) is 2.97. The van der Waals surface area contributed by atoms with Gasteiger partial charge in [0.15, 0.2) is 17.2 Å². The number of aryl methyl sites for hydroxylation is 2. The van der Waals surface area contributed by atoms with Gasteiger partial charge in [0.1, 0.15) is 11.9 Å². The first-order valence-corrected chi connectivity index (χ1v) is 7.48. The van der Waals surface area contributed by atoms with Crippen LogP contribution in [-0.2, 0) is 19.4 Å². The van der Waals surface area contributed by atoms with Gasteiger partial charge in [-0.05, 0) is 30.5 Å². The number of methoxy groups -OCH3 is 2. The van der Waals surface area contributed by atoms with Gasteiger partial charge in [0, 0.05) is 18.5 Å². The Bertz CT molecular complexity index is 756. The van der Waals surface area contributed by atoms with E-state index in [9.17, 15) is 5.26 Å². The highest BCUT2D eigenvalue weighted by Gasteiger charge is 2.26. The summed E-state index contributed by atoms with van der Waals surface area (Å²) < 4.78 is 13.0. The Morgan fingerprint density at radius 2 is 2.00 bits per heavy atom. The van der Waals surface area contributed by atoms with Crippen molar-refractivity contribution in [3.05, 3.63) is 29.2 Å². The summed E-state index contributed by atoms with van der Waals surface area (Å²) in [7, 11) is 3.26. The molecule has 3 rings (SSSR count). The van der Waals surface area contributed by atoms with Crippen LogP contribution in [0.3, 0.4) is 0 Å². The van der Waals surface area contributed by atoms with E-state index in [2.05, 4.69) is 22.5 Å². The Kier molecular flexibility index (Phi) is 3.76. The highest BCUT2D eigenvalue weighted by molar-refractivity contribution is 5.74. The second-order valence-corrected chi connectivity index (χ2v) is 5.35. The fourth-order valence-electron chi connectivity index (χ4n) is 3.09. The number of nitrogens with zero attached hydrogens (tertiary/aromatic N) is 3. The monoisotopic (exact) mass is 297 g/mol. The molecule has 5 heteroatoms. The van der Waals surface area contributed by atoms with E-state index < -0.39 is 0 Å². The van der Waals surface area contributed by atoms with E-state index in [1.54, 1.807) is 14.2 Å². The van der Waals surface area contributed by atoms with E-state index in [0.717, 1.165) is 48.6 Å². The lowest BCUT2D eigenvalue weighted by Gasteiger charge is -2.22. The number of nitriles is 1. The lowest BCUT2D eigenvalue weighted by Crippen LogP contribution is -2.14. The van der Waals surface area contributed by atoms with E-state index in [1.807, 2.05) is 12.1 Å². The minimum absolute atomic E-state index is 0.497. The molecule has 1 aliphatic heterocycles. The van der Waals surface area contributed by atoms with Crippen LogP contribution in [0.2, 0.25) is 0 Å². The Labute approximate surface area is 130 Å². The minimum Gasteiger partial charge on any atom is -0.493 e. The molecule has 0 N–H and O–H groups in total. The average molecular weight is 297 g/mol. The molecule has 22 heavy (non-hydrogen) atoms. The maximum Gasteiger partial charge on any atom is 0.166 e. The quantitative estimate of drug-likeness (QED) is 0.870. The number of rotatable bonds is 4. The summed E-state index contributed by atoms with van der Waals surface area (Å²) in [5.41, 5.74) is 3.60. The van der Waals surface area contributed by atoms with Gasteiger partial charge in [-0.3, -0.25) is 0 Å². The highest BCUT2D eigenvalue weighted by atomic mass is 16.5. The van der Waals surface area contributed by atoms with Crippen molar-refractivity contribution in [2.24, 2.45) is 0 Å². The van der Waals surface area contributed by atoms with Gasteiger partial charge >= 0.3 is 0 Å². The van der Waals surface area contributed by atoms with Crippen molar-refractivity contribution < 1.29 is 9.47 Å². The second kappa shape index (κ2) is 5.72. The summed E-state index contributed by atoms with van der Waals surface area (Å²) in [6.07, 6.45) is 2.80. The summed E-state index contributed by atoms with van der Waals surface area (Å²) in [6, 6.07) is 6.20. The molecule has 0 atom stereocenters.